The van der Waals surface area contributed by atoms with Crippen molar-refractivity contribution in [3.63, 3.8) is 0 Å². The molecule has 1 aliphatic heterocycles. The number of amides is 1. The van der Waals surface area contributed by atoms with Gasteiger partial charge in [0.15, 0.2) is 6.19 Å². The van der Waals surface area contributed by atoms with Crippen LogP contribution in [-0.4, -0.2) is 10.8 Å². The molecule has 0 fully saturated rings. The molecule has 0 bridgehead atoms. The van der Waals surface area contributed by atoms with E-state index in [-0.39, 0.29) is 6.04 Å². The summed E-state index contributed by atoms with van der Waals surface area (Å²) >= 11 is 0. The number of nitrogens with zero attached hydrogens (tertiary/aromatic N) is 3. The molecule has 1 unspecified atom stereocenters. The van der Waals surface area contributed by atoms with Crippen molar-refractivity contribution in [2.75, 3.05) is 0 Å². The monoisotopic (exact) mass is 302 g/mol. The Balaban J connectivity index is 2.30. The van der Waals surface area contributed by atoms with Crippen molar-refractivity contribution in [3.05, 3.63) is 58.7 Å². The molecule has 2 N–H and O–H groups in total. The van der Waals surface area contributed by atoms with E-state index in [0.717, 1.165) is 16.7 Å². The van der Waals surface area contributed by atoms with Gasteiger partial charge in [0.2, 0.25) is 5.91 Å². The molecule has 1 aliphatic rings. The van der Waals surface area contributed by atoms with Gasteiger partial charge >= 0.3 is 0 Å². The standard InChI is InChI=1S/C18H14N4O/c1-11-13-5-3-6-14(16(13)9-22(11)10-20)17-12(8-19)4-2-7-15(17)18(21)23/h2-7,11H,9H2,1H3,(H2,21,23). The number of rotatable bonds is 2. The van der Waals surface area contributed by atoms with E-state index in [1.165, 1.54) is 0 Å². The Bertz CT molecular complexity index is 889. The Labute approximate surface area is 134 Å². The normalized spacial score (nSPS) is 15.6. The minimum Gasteiger partial charge on any atom is -0.366 e. The van der Waals surface area contributed by atoms with E-state index in [0.29, 0.717) is 23.2 Å². The van der Waals surface area contributed by atoms with Crippen molar-refractivity contribution in [1.29, 1.82) is 10.5 Å². The molecule has 0 saturated carbocycles. The molecule has 1 amide bonds. The predicted molar refractivity (Wildman–Crippen MR) is 84.7 cm³/mol. The number of primary amides is 1. The highest BCUT2D eigenvalue weighted by Crippen LogP contribution is 2.40. The summed E-state index contributed by atoms with van der Waals surface area (Å²) in [4.78, 5) is 13.5. The van der Waals surface area contributed by atoms with Crippen molar-refractivity contribution in [3.8, 4) is 23.4 Å². The molecule has 1 atom stereocenters. The quantitative estimate of drug-likeness (QED) is 0.863. The highest BCUT2D eigenvalue weighted by molar-refractivity contribution is 6.01. The van der Waals surface area contributed by atoms with Crippen LogP contribution in [0.4, 0.5) is 0 Å². The molecule has 2 aromatic carbocycles. The van der Waals surface area contributed by atoms with Crippen LogP contribution in [0.1, 0.15) is 40.0 Å². The molecular weight excluding hydrogens is 288 g/mol. The number of carbonyl (C=O) groups is 1. The van der Waals surface area contributed by atoms with Gasteiger partial charge in [0, 0.05) is 11.1 Å². The molecule has 0 saturated heterocycles. The van der Waals surface area contributed by atoms with E-state index in [9.17, 15) is 15.3 Å². The third kappa shape index (κ3) is 2.20. The lowest BCUT2D eigenvalue weighted by molar-refractivity contribution is 0.100. The number of nitriles is 2. The Morgan fingerprint density at radius 3 is 2.65 bits per heavy atom. The molecule has 2 aromatic rings. The summed E-state index contributed by atoms with van der Waals surface area (Å²) in [5.74, 6) is -0.571. The van der Waals surface area contributed by atoms with Gasteiger partial charge in [-0.15, -0.1) is 0 Å². The van der Waals surface area contributed by atoms with Crippen LogP contribution >= 0.6 is 0 Å². The minimum absolute atomic E-state index is 0.0266. The third-order valence-corrected chi connectivity index (χ3v) is 4.31. The van der Waals surface area contributed by atoms with Crippen LogP contribution in [0.2, 0.25) is 0 Å². The molecule has 5 heteroatoms. The van der Waals surface area contributed by atoms with E-state index in [1.807, 2.05) is 25.1 Å². The minimum atomic E-state index is -0.571. The molecule has 0 aromatic heterocycles. The van der Waals surface area contributed by atoms with Crippen LogP contribution in [0.15, 0.2) is 36.4 Å². The van der Waals surface area contributed by atoms with Crippen LogP contribution in [0.5, 0.6) is 0 Å². The Morgan fingerprint density at radius 2 is 2.00 bits per heavy atom. The summed E-state index contributed by atoms with van der Waals surface area (Å²) in [5.41, 5.74) is 9.55. The SMILES string of the molecule is CC1c2cccc(-c3c(C#N)cccc3C(N)=O)c2CN1C#N. The second-order valence-corrected chi connectivity index (χ2v) is 5.48. The van der Waals surface area contributed by atoms with Gasteiger partial charge in [0.1, 0.15) is 0 Å². The first-order valence-corrected chi connectivity index (χ1v) is 7.20. The van der Waals surface area contributed by atoms with Gasteiger partial charge in [0.25, 0.3) is 0 Å². The topological polar surface area (TPSA) is 93.9 Å². The highest BCUT2D eigenvalue weighted by atomic mass is 16.1. The molecular formula is C18H14N4O. The molecule has 112 valence electrons. The van der Waals surface area contributed by atoms with Crippen molar-refractivity contribution in [2.45, 2.75) is 19.5 Å². The first-order chi connectivity index (χ1) is 11.1. The van der Waals surface area contributed by atoms with Crippen LogP contribution in [0.3, 0.4) is 0 Å². The zero-order chi connectivity index (χ0) is 16.6. The van der Waals surface area contributed by atoms with Crippen LogP contribution in [0, 0.1) is 22.8 Å². The largest absolute Gasteiger partial charge is 0.366 e. The number of carbonyl (C=O) groups excluding carboxylic acids is 1. The van der Waals surface area contributed by atoms with E-state index in [1.54, 1.807) is 23.1 Å². The average molecular weight is 302 g/mol. The van der Waals surface area contributed by atoms with Crippen LogP contribution in [0.25, 0.3) is 11.1 Å². The molecule has 0 spiro atoms. The average Bonchev–Trinajstić information content (AvgIpc) is 2.90. The fraction of sp³-hybridized carbons (Fsp3) is 0.167. The first kappa shape index (κ1) is 14.6. The number of hydrogen-bond acceptors (Lipinski definition) is 4. The van der Waals surface area contributed by atoms with Gasteiger partial charge in [-0.2, -0.15) is 10.5 Å². The fourth-order valence-corrected chi connectivity index (χ4v) is 3.14. The smallest absolute Gasteiger partial charge is 0.249 e. The Hall–Kier alpha value is -3.31. The van der Waals surface area contributed by atoms with E-state index < -0.39 is 5.91 Å². The fourth-order valence-electron chi connectivity index (χ4n) is 3.14. The molecule has 1 heterocycles. The second-order valence-electron chi connectivity index (χ2n) is 5.48. The van der Waals surface area contributed by atoms with Gasteiger partial charge in [-0.3, -0.25) is 9.69 Å². The second kappa shape index (κ2) is 5.47. The zero-order valence-electron chi connectivity index (χ0n) is 12.6. The van der Waals surface area contributed by atoms with Gasteiger partial charge in [-0.1, -0.05) is 24.3 Å². The van der Waals surface area contributed by atoms with Crippen molar-refractivity contribution in [2.24, 2.45) is 5.73 Å². The summed E-state index contributed by atoms with van der Waals surface area (Å²) in [6.07, 6.45) is 2.18. The zero-order valence-corrected chi connectivity index (χ0v) is 12.6. The van der Waals surface area contributed by atoms with Crippen molar-refractivity contribution >= 4 is 5.91 Å². The lowest BCUT2D eigenvalue weighted by atomic mass is 9.89. The van der Waals surface area contributed by atoms with Gasteiger partial charge in [-0.05, 0) is 35.7 Å². The predicted octanol–water partition coefficient (Wildman–Crippen LogP) is 2.68. The lowest BCUT2D eigenvalue weighted by Crippen LogP contribution is -2.14. The Morgan fingerprint density at radius 1 is 1.26 bits per heavy atom. The van der Waals surface area contributed by atoms with Gasteiger partial charge in [-0.25, -0.2) is 0 Å². The maximum absolute atomic E-state index is 11.8. The molecule has 0 aliphatic carbocycles. The van der Waals surface area contributed by atoms with Crippen LogP contribution < -0.4 is 5.73 Å². The number of nitrogens with two attached hydrogens (primary N) is 1. The molecule has 5 nitrogen and oxygen atoms in total. The number of benzene rings is 2. The summed E-state index contributed by atoms with van der Waals surface area (Å²) in [5, 5.41) is 18.7. The Kier molecular flexibility index (Phi) is 3.48. The van der Waals surface area contributed by atoms with Gasteiger partial charge < -0.3 is 5.73 Å². The van der Waals surface area contributed by atoms with Crippen molar-refractivity contribution < 1.29 is 4.79 Å². The lowest BCUT2D eigenvalue weighted by Gasteiger charge is -2.13. The van der Waals surface area contributed by atoms with Crippen molar-refractivity contribution in [1.82, 2.24) is 4.90 Å². The molecule has 23 heavy (non-hydrogen) atoms. The number of fused-ring (bicyclic) bond motifs is 1. The first-order valence-electron chi connectivity index (χ1n) is 7.20. The summed E-state index contributed by atoms with van der Waals surface area (Å²) < 4.78 is 0. The summed E-state index contributed by atoms with van der Waals surface area (Å²) in [6.45, 7) is 2.42. The van der Waals surface area contributed by atoms with E-state index in [4.69, 9.17) is 5.73 Å². The van der Waals surface area contributed by atoms with E-state index in [2.05, 4.69) is 12.3 Å². The van der Waals surface area contributed by atoms with Gasteiger partial charge in [0.05, 0.1) is 24.2 Å². The summed E-state index contributed by atoms with van der Waals surface area (Å²) in [6, 6.07) is 12.8. The molecule has 3 rings (SSSR count). The van der Waals surface area contributed by atoms with E-state index >= 15 is 0 Å². The molecule has 0 radical (unpaired) electrons. The number of hydrogen-bond donors (Lipinski definition) is 1. The maximum atomic E-state index is 11.8. The third-order valence-electron chi connectivity index (χ3n) is 4.31. The maximum Gasteiger partial charge on any atom is 0.249 e. The summed E-state index contributed by atoms with van der Waals surface area (Å²) in [7, 11) is 0. The highest BCUT2D eigenvalue weighted by Gasteiger charge is 2.29. The van der Waals surface area contributed by atoms with Crippen LogP contribution in [-0.2, 0) is 6.54 Å².